The van der Waals surface area contributed by atoms with E-state index in [-0.39, 0.29) is 0 Å². The van der Waals surface area contributed by atoms with Crippen LogP contribution in [-0.4, -0.2) is 20.4 Å². The summed E-state index contributed by atoms with van der Waals surface area (Å²) in [5.41, 5.74) is 1.31. The first-order valence-corrected chi connectivity index (χ1v) is 3.46. The molecule has 12 heavy (non-hydrogen) atoms. The minimum Gasteiger partial charge on any atom is -0.410 e. The van der Waals surface area contributed by atoms with E-state index in [0.717, 1.165) is 5.56 Å². The molecule has 0 fully saturated rings. The summed E-state index contributed by atoms with van der Waals surface area (Å²) in [5, 5.41) is 15.9. The highest BCUT2D eigenvalue weighted by Crippen LogP contribution is 2.14. The van der Waals surface area contributed by atoms with Crippen molar-refractivity contribution in [3.8, 4) is 11.3 Å². The standard InChI is InChI=1S/C8H6N3O/c12-11-8(6-9-10-11)7-4-2-1-3-5-7/h1-5,12H. The molecule has 0 aliphatic carbocycles. The van der Waals surface area contributed by atoms with Crippen LogP contribution in [0.3, 0.4) is 0 Å². The van der Waals surface area contributed by atoms with E-state index < -0.39 is 0 Å². The van der Waals surface area contributed by atoms with Gasteiger partial charge >= 0.3 is 0 Å². The normalized spacial score (nSPS) is 10.0. The van der Waals surface area contributed by atoms with Gasteiger partial charge in [-0.3, -0.25) is 0 Å². The molecule has 1 heterocycles. The summed E-state index contributed by atoms with van der Waals surface area (Å²) in [6, 6.07) is 9.34. The molecule has 0 amide bonds. The number of benzene rings is 1. The Balaban J connectivity index is 2.51. The van der Waals surface area contributed by atoms with E-state index in [0.29, 0.717) is 10.5 Å². The summed E-state index contributed by atoms with van der Waals surface area (Å²) in [5.74, 6) is 0. The fraction of sp³-hybridized carbons (Fsp3) is 0. The van der Waals surface area contributed by atoms with Crippen molar-refractivity contribution in [3.63, 3.8) is 0 Å². The van der Waals surface area contributed by atoms with Crippen molar-refractivity contribution in [1.82, 2.24) is 15.2 Å². The Kier molecular flexibility index (Phi) is 1.51. The van der Waals surface area contributed by atoms with Gasteiger partial charge in [0.2, 0.25) is 0 Å². The summed E-state index contributed by atoms with van der Waals surface area (Å²) >= 11 is 0. The van der Waals surface area contributed by atoms with Gasteiger partial charge in [-0.15, -0.1) is 5.10 Å². The lowest BCUT2D eigenvalue weighted by Gasteiger charge is -1.96. The van der Waals surface area contributed by atoms with Crippen LogP contribution in [0, 0.1) is 6.20 Å². The lowest BCUT2D eigenvalue weighted by molar-refractivity contribution is 0.147. The molecule has 0 unspecified atom stereocenters. The number of aromatic nitrogens is 3. The Morgan fingerprint density at radius 3 is 2.58 bits per heavy atom. The molecule has 0 atom stereocenters. The third-order valence-electron chi connectivity index (χ3n) is 1.53. The average molecular weight is 160 g/mol. The van der Waals surface area contributed by atoms with Gasteiger partial charge in [-0.1, -0.05) is 35.2 Å². The van der Waals surface area contributed by atoms with Gasteiger partial charge in [0.05, 0.1) is 0 Å². The molecule has 0 saturated carbocycles. The number of hydrogen-bond donors (Lipinski definition) is 1. The van der Waals surface area contributed by atoms with Crippen molar-refractivity contribution in [1.29, 1.82) is 0 Å². The van der Waals surface area contributed by atoms with Gasteiger partial charge in [-0.25, -0.2) is 0 Å². The molecule has 1 aromatic heterocycles. The van der Waals surface area contributed by atoms with Gasteiger partial charge in [-0.05, 0) is 5.21 Å². The van der Waals surface area contributed by atoms with E-state index in [4.69, 9.17) is 5.21 Å². The van der Waals surface area contributed by atoms with Gasteiger partial charge in [0, 0.05) is 5.56 Å². The van der Waals surface area contributed by atoms with E-state index in [1.54, 1.807) is 0 Å². The Labute approximate surface area is 69.0 Å². The SMILES string of the molecule is On1nn[c]c1-c1ccccc1. The molecule has 1 N–H and O–H groups in total. The summed E-state index contributed by atoms with van der Waals surface area (Å²) < 4.78 is 0. The molecule has 1 radical (unpaired) electrons. The predicted octanol–water partition coefficient (Wildman–Crippen LogP) is 0.983. The molecule has 0 aliphatic heterocycles. The van der Waals surface area contributed by atoms with Crippen molar-refractivity contribution in [2.24, 2.45) is 0 Å². The minimum absolute atomic E-state index is 0.468. The Morgan fingerprint density at radius 2 is 2.00 bits per heavy atom. The molecule has 2 rings (SSSR count). The van der Waals surface area contributed by atoms with E-state index >= 15 is 0 Å². The maximum absolute atomic E-state index is 9.12. The van der Waals surface area contributed by atoms with Crippen LogP contribution >= 0.6 is 0 Å². The molecule has 2 aromatic rings. The van der Waals surface area contributed by atoms with Gasteiger partial charge in [-0.2, -0.15) is 0 Å². The minimum atomic E-state index is 0.468. The maximum Gasteiger partial charge on any atom is 0.147 e. The number of rotatable bonds is 1. The summed E-state index contributed by atoms with van der Waals surface area (Å²) in [4.78, 5) is 0.704. The molecule has 1 aromatic carbocycles. The number of hydrogen-bond acceptors (Lipinski definition) is 3. The first kappa shape index (κ1) is 6.84. The summed E-state index contributed by atoms with van der Waals surface area (Å²) in [7, 11) is 0. The molecule has 4 heteroatoms. The van der Waals surface area contributed by atoms with Gasteiger partial charge in [0.15, 0.2) is 0 Å². The average Bonchev–Trinajstić information content (AvgIpc) is 2.53. The summed E-state index contributed by atoms with van der Waals surface area (Å²) in [6.45, 7) is 0. The van der Waals surface area contributed by atoms with Crippen LogP contribution in [0.5, 0.6) is 0 Å². The maximum atomic E-state index is 9.12. The van der Waals surface area contributed by atoms with Gasteiger partial charge in [0.25, 0.3) is 0 Å². The Bertz CT molecular complexity index is 369. The monoisotopic (exact) mass is 160 g/mol. The van der Waals surface area contributed by atoms with Crippen LogP contribution in [0.15, 0.2) is 30.3 Å². The number of nitrogens with zero attached hydrogens (tertiary/aromatic N) is 3. The van der Waals surface area contributed by atoms with E-state index in [9.17, 15) is 0 Å². The van der Waals surface area contributed by atoms with E-state index in [2.05, 4.69) is 16.5 Å². The second-order valence-electron chi connectivity index (χ2n) is 2.31. The van der Waals surface area contributed by atoms with Crippen molar-refractivity contribution >= 4 is 0 Å². The molecule has 4 nitrogen and oxygen atoms in total. The first-order valence-electron chi connectivity index (χ1n) is 3.46. The van der Waals surface area contributed by atoms with Crippen molar-refractivity contribution in [3.05, 3.63) is 36.5 Å². The Hall–Kier alpha value is -1.84. The third-order valence-corrected chi connectivity index (χ3v) is 1.53. The molecule has 0 bridgehead atoms. The molecule has 0 aliphatic rings. The molecular weight excluding hydrogens is 154 g/mol. The molecule has 0 spiro atoms. The largest absolute Gasteiger partial charge is 0.410 e. The van der Waals surface area contributed by atoms with Crippen molar-refractivity contribution in [2.75, 3.05) is 0 Å². The third kappa shape index (κ3) is 1.03. The van der Waals surface area contributed by atoms with E-state index in [1.807, 2.05) is 30.3 Å². The van der Waals surface area contributed by atoms with Crippen LogP contribution < -0.4 is 0 Å². The smallest absolute Gasteiger partial charge is 0.147 e. The van der Waals surface area contributed by atoms with Crippen LogP contribution in [-0.2, 0) is 0 Å². The first-order chi connectivity index (χ1) is 5.88. The highest BCUT2D eigenvalue weighted by atomic mass is 16.5. The van der Waals surface area contributed by atoms with Crippen LogP contribution in [0.25, 0.3) is 11.3 Å². The van der Waals surface area contributed by atoms with Crippen LogP contribution in [0.4, 0.5) is 0 Å². The van der Waals surface area contributed by atoms with Crippen LogP contribution in [0.2, 0.25) is 0 Å². The lowest BCUT2D eigenvalue weighted by atomic mass is 10.2. The zero-order valence-corrected chi connectivity index (χ0v) is 6.18. The predicted molar refractivity (Wildman–Crippen MR) is 41.5 cm³/mol. The van der Waals surface area contributed by atoms with Crippen molar-refractivity contribution in [2.45, 2.75) is 0 Å². The molecule has 59 valence electrons. The second kappa shape index (κ2) is 2.65. The van der Waals surface area contributed by atoms with Crippen LogP contribution in [0.1, 0.15) is 0 Å². The van der Waals surface area contributed by atoms with Crippen molar-refractivity contribution < 1.29 is 5.21 Å². The molecular formula is C8H6N3O. The Morgan fingerprint density at radius 1 is 1.25 bits per heavy atom. The molecule has 0 saturated heterocycles. The second-order valence-corrected chi connectivity index (χ2v) is 2.31. The fourth-order valence-corrected chi connectivity index (χ4v) is 0.978. The zero-order chi connectivity index (χ0) is 8.39. The highest BCUT2D eigenvalue weighted by molar-refractivity contribution is 5.56. The fourth-order valence-electron chi connectivity index (χ4n) is 0.978. The summed E-state index contributed by atoms with van der Waals surface area (Å²) in [6.07, 6.45) is 2.57. The quantitative estimate of drug-likeness (QED) is 0.632. The van der Waals surface area contributed by atoms with E-state index in [1.165, 1.54) is 0 Å². The van der Waals surface area contributed by atoms with Gasteiger partial charge < -0.3 is 5.21 Å². The lowest BCUT2D eigenvalue weighted by Crippen LogP contribution is -1.95. The van der Waals surface area contributed by atoms with Gasteiger partial charge in [0.1, 0.15) is 11.9 Å². The highest BCUT2D eigenvalue weighted by Gasteiger charge is 2.03. The topological polar surface area (TPSA) is 50.9 Å². The zero-order valence-electron chi connectivity index (χ0n) is 6.18.